The number of halogens is 6. The summed E-state index contributed by atoms with van der Waals surface area (Å²) < 4.78 is 106. The van der Waals surface area contributed by atoms with Gasteiger partial charge in [0.2, 0.25) is 5.91 Å². The molecule has 1 saturated heterocycles. The molecule has 37 heavy (non-hydrogen) atoms. The number of likely N-dealkylation sites (tertiary alicyclic amines) is 1. The maximum atomic E-state index is 14.9. The van der Waals surface area contributed by atoms with Crippen molar-refractivity contribution in [3.63, 3.8) is 0 Å². The van der Waals surface area contributed by atoms with Gasteiger partial charge < -0.3 is 10.2 Å². The number of alkyl halides is 3. The summed E-state index contributed by atoms with van der Waals surface area (Å²) in [5.41, 5.74) is -2.43. The van der Waals surface area contributed by atoms with E-state index < -0.39 is 73.4 Å². The maximum absolute atomic E-state index is 14.9. The molecule has 2 aromatic rings. The van der Waals surface area contributed by atoms with Crippen molar-refractivity contribution >= 4 is 21.7 Å². The molecule has 6 nitrogen and oxygen atoms in total. The molecule has 1 aliphatic carbocycles. The molecule has 2 aromatic carbocycles. The van der Waals surface area contributed by atoms with Crippen LogP contribution in [0.4, 0.5) is 26.3 Å². The van der Waals surface area contributed by atoms with E-state index in [1.165, 1.54) is 0 Å². The zero-order valence-electron chi connectivity index (χ0n) is 19.4. The highest BCUT2D eigenvalue weighted by Gasteiger charge is 2.41. The second-order valence-corrected chi connectivity index (χ2v) is 11.2. The number of nitrogens with zero attached hydrogens (tertiary/aromatic N) is 1. The average Bonchev–Trinajstić information content (AvgIpc) is 3.51. The summed E-state index contributed by atoms with van der Waals surface area (Å²) in [7, 11) is -4.12. The van der Waals surface area contributed by atoms with Crippen LogP contribution in [0.25, 0.3) is 0 Å². The van der Waals surface area contributed by atoms with Crippen molar-refractivity contribution in [3.05, 3.63) is 64.5 Å². The summed E-state index contributed by atoms with van der Waals surface area (Å²) in [4.78, 5) is 26.3. The zero-order chi connectivity index (χ0) is 27.3. The standard InChI is InChI=1S/C24H22F6N2O4S/c1-37(35,36)18-9-8-15(25)19(20(18)27)23(34)32-10-2-3-17(32)22(33)31-21(12-4-5-12)14-7-6-13(11-16(14)26)24(28,29)30/h6-9,11-12,17,21H,2-5,10H2,1H3,(H,31,33)/t17-,21-/m1/s1. The van der Waals surface area contributed by atoms with Crippen molar-refractivity contribution in [1.29, 1.82) is 0 Å². The first-order chi connectivity index (χ1) is 17.2. The van der Waals surface area contributed by atoms with Crippen LogP contribution in [-0.4, -0.2) is 44.0 Å². The number of amides is 2. The number of hydrogen-bond donors (Lipinski definition) is 1. The minimum atomic E-state index is -4.75. The second kappa shape index (κ2) is 9.66. The predicted molar refractivity (Wildman–Crippen MR) is 119 cm³/mol. The molecule has 1 aliphatic heterocycles. The van der Waals surface area contributed by atoms with Crippen molar-refractivity contribution in [3.8, 4) is 0 Å². The van der Waals surface area contributed by atoms with Crippen LogP contribution in [0, 0.1) is 23.4 Å². The lowest BCUT2D eigenvalue weighted by atomic mass is 9.99. The van der Waals surface area contributed by atoms with Crippen molar-refractivity contribution in [2.45, 2.75) is 48.8 Å². The number of nitrogens with one attached hydrogen (secondary N) is 1. The second-order valence-electron chi connectivity index (χ2n) is 9.22. The number of rotatable bonds is 6. The first-order valence-corrected chi connectivity index (χ1v) is 13.3. The summed E-state index contributed by atoms with van der Waals surface area (Å²) >= 11 is 0. The summed E-state index contributed by atoms with van der Waals surface area (Å²) in [6.45, 7) is -0.0539. The van der Waals surface area contributed by atoms with E-state index in [2.05, 4.69) is 5.32 Å². The first-order valence-electron chi connectivity index (χ1n) is 11.4. The Morgan fingerprint density at radius 3 is 2.27 bits per heavy atom. The van der Waals surface area contributed by atoms with Gasteiger partial charge in [0.25, 0.3) is 5.91 Å². The third kappa shape index (κ3) is 5.46. The fourth-order valence-corrected chi connectivity index (χ4v) is 5.27. The van der Waals surface area contributed by atoms with E-state index in [1.807, 2.05) is 0 Å². The Balaban J connectivity index is 1.59. The van der Waals surface area contributed by atoms with Gasteiger partial charge >= 0.3 is 6.18 Å². The molecular formula is C24H22F6N2O4S. The highest BCUT2D eigenvalue weighted by molar-refractivity contribution is 7.90. The molecule has 0 radical (unpaired) electrons. The number of benzene rings is 2. The minimum absolute atomic E-state index is 0.0539. The Kier molecular flexibility index (Phi) is 7.04. The molecule has 4 rings (SSSR count). The third-order valence-corrected chi connectivity index (χ3v) is 7.65. The normalized spacial score (nSPS) is 19.1. The molecule has 2 amide bonds. The van der Waals surface area contributed by atoms with E-state index in [0.717, 1.165) is 11.0 Å². The largest absolute Gasteiger partial charge is 0.416 e. The zero-order valence-corrected chi connectivity index (χ0v) is 20.2. The van der Waals surface area contributed by atoms with Gasteiger partial charge in [0.05, 0.1) is 11.6 Å². The summed E-state index contributed by atoms with van der Waals surface area (Å²) in [5, 5.41) is 2.60. The number of sulfone groups is 1. The Morgan fingerprint density at radius 2 is 1.70 bits per heavy atom. The first kappa shape index (κ1) is 27.0. The Bertz CT molecular complexity index is 1360. The third-order valence-electron chi connectivity index (χ3n) is 6.54. The molecule has 13 heteroatoms. The molecule has 1 N–H and O–H groups in total. The topological polar surface area (TPSA) is 83.6 Å². The minimum Gasteiger partial charge on any atom is -0.347 e. The molecule has 2 fully saturated rings. The summed E-state index contributed by atoms with van der Waals surface area (Å²) in [6.07, 6.45) is -2.47. The Labute approximate surface area is 208 Å². The molecule has 1 saturated carbocycles. The van der Waals surface area contributed by atoms with Crippen LogP contribution in [-0.2, 0) is 20.8 Å². The van der Waals surface area contributed by atoms with Gasteiger partial charge in [-0.3, -0.25) is 9.59 Å². The molecule has 0 aromatic heterocycles. The highest BCUT2D eigenvalue weighted by Crippen LogP contribution is 2.43. The predicted octanol–water partition coefficient (Wildman–Crippen LogP) is 4.40. The summed E-state index contributed by atoms with van der Waals surface area (Å²) in [5.74, 6) is -6.23. The van der Waals surface area contributed by atoms with E-state index in [9.17, 15) is 44.3 Å². The van der Waals surface area contributed by atoms with E-state index in [0.29, 0.717) is 49.8 Å². The van der Waals surface area contributed by atoms with Crippen LogP contribution in [0.3, 0.4) is 0 Å². The quantitative estimate of drug-likeness (QED) is 0.429. The number of carbonyl (C=O) groups is 2. The van der Waals surface area contributed by atoms with E-state index >= 15 is 0 Å². The molecule has 0 unspecified atom stereocenters. The monoisotopic (exact) mass is 548 g/mol. The van der Waals surface area contributed by atoms with Crippen molar-refractivity contribution in [1.82, 2.24) is 10.2 Å². The van der Waals surface area contributed by atoms with Crippen LogP contribution in [0.5, 0.6) is 0 Å². The molecule has 200 valence electrons. The van der Waals surface area contributed by atoms with Crippen LogP contribution >= 0.6 is 0 Å². The van der Waals surface area contributed by atoms with Gasteiger partial charge in [-0.15, -0.1) is 0 Å². The molecule has 1 heterocycles. The smallest absolute Gasteiger partial charge is 0.347 e. The van der Waals surface area contributed by atoms with Gasteiger partial charge in [0.1, 0.15) is 28.1 Å². The SMILES string of the molecule is CS(=O)(=O)c1ccc(F)c(C(=O)N2CCC[C@@H]2C(=O)N[C@@H](c2ccc(C(F)(F)F)cc2F)C2CC2)c1F. The van der Waals surface area contributed by atoms with Crippen LogP contribution < -0.4 is 5.32 Å². The van der Waals surface area contributed by atoms with Crippen LogP contribution in [0.1, 0.15) is 53.2 Å². The molecular weight excluding hydrogens is 526 g/mol. The van der Waals surface area contributed by atoms with Crippen molar-refractivity contribution < 1.29 is 44.3 Å². The van der Waals surface area contributed by atoms with Crippen LogP contribution in [0.15, 0.2) is 35.2 Å². The molecule has 0 bridgehead atoms. The van der Waals surface area contributed by atoms with Crippen molar-refractivity contribution in [2.75, 3.05) is 12.8 Å². The van der Waals surface area contributed by atoms with Gasteiger partial charge in [-0.25, -0.2) is 21.6 Å². The number of hydrogen-bond acceptors (Lipinski definition) is 4. The fourth-order valence-electron chi connectivity index (χ4n) is 4.53. The lowest BCUT2D eigenvalue weighted by Gasteiger charge is -2.27. The van der Waals surface area contributed by atoms with E-state index in [1.54, 1.807) is 0 Å². The molecule has 2 aliphatic rings. The van der Waals surface area contributed by atoms with Gasteiger partial charge in [-0.05, 0) is 55.9 Å². The average molecular weight is 549 g/mol. The lowest BCUT2D eigenvalue weighted by Crippen LogP contribution is -2.47. The van der Waals surface area contributed by atoms with Gasteiger partial charge in [0, 0.05) is 18.4 Å². The van der Waals surface area contributed by atoms with Gasteiger partial charge in [-0.2, -0.15) is 13.2 Å². The Morgan fingerprint density at radius 1 is 1.03 bits per heavy atom. The molecule has 0 spiro atoms. The molecule has 2 atom stereocenters. The highest BCUT2D eigenvalue weighted by atomic mass is 32.2. The van der Waals surface area contributed by atoms with E-state index in [-0.39, 0.29) is 24.4 Å². The van der Waals surface area contributed by atoms with E-state index in [4.69, 9.17) is 0 Å². The van der Waals surface area contributed by atoms with Gasteiger partial charge in [0.15, 0.2) is 15.7 Å². The maximum Gasteiger partial charge on any atom is 0.416 e. The fraction of sp³-hybridized carbons (Fsp3) is 0.417. The summed E-state index contributed by atoms with van der Waals surface area (Å²) in [6, 6.07) is 1.20. The Hall–Kier alpha value is -3.09. The van der Waals surface area contributed by atoms with Crippen molar-refractivity contribution in [2.24, 2.45) is 5.92 Å². The lowest BCUT2D eigenvalue weighted by molar-refractivity contribution is -0.137. The number of carbonyl (C=O) groups excluding carboxylic acids is 2. The van der Waals surface area contributed by atoms with Gasteiger partial charge in [-0.1, -0.05) is 6.07 Å². The van der Waals surface area contributed by atoms with Crippen LogP contribution in [0.2, 0.25) is 0 Å².